The van der Waals surface area contributed by atoms with Gasteiger partial charge in [0.1, 0.15) is 5.52 Å². The van der Waals surface area contributed by atoms with Crippen LogP contribution in [0.2, 0.25) is 0 Å². The number of fused-ring (bicyclic) bond motifs is 3. The second-order valence-corrected chi connectivity index (χ2v) is 4.72. The molecule has 0 saturated heterocycles. The van der Waals surface area contributed by atoms with Crippen molar-refractivity contribution in [1.82, 2.24) is 4.40 Å². The standard InChI is InChI=1S/C11H6BrNO2S/c12-7-4-6-2-1-3-13(6)10-8(14)5-9(16)15-11(7)10/h1-5,16H. The van der Waals surface area contributed by atoms with Crippen molar-refractivity contribution in [3.63, 3.8) is 0 Å². The third kappa shape index (κ3) is 1.32. The Balaban J connectivity index is 2.72. The van der Waals surface area contributed by atoms with Crippen molar-refractivity contribution >= 4 is 45.2 Å². The maximum atomic E-state index is 11.9. The van der Waals surface area contributed by atoms with Crippen LogP contribution in [0.4, 0.5) is 0 Å². The van der Waals surface area contributed by atoms with E-state index in [0.717, 1.165) is 9.99 Å². The molecule has 0 N–H and O–H groups in total. The highest BCUT2D eigenvalue weighted by Crippen LogP contribution is 2.26. The number of thiol groups is 1. The normalized spacial score (nSPS) is 11.4. The molecule has 16 heavy (non-hydrogen) atoms. The molecule has 0 spiro atoms. The Bertz CT molecular complexity index is 760. The van der Waals surface area contributed by atoms with Crippen LogP contribution in [0.5, 0.6) is 0 Å². The van der Waals surface area contributed by atoms with E-state index < -0.39 is 0 Å². The SMILES string of the molecule is O=c1cc(S)oc2c(Br)cc3cccn3c12. The minimum absolute atomic E-state index is 0.103. The fraction of sp³-hybridized carbons (Fsp3) is 0. The molecule has 0 atom stereocenters. The number of halogens is 1. The molecule has 0 amide bonds. The minimum Gasteiger partial charge on any atom is -0.447 e. The average Bonchev–Trinajstić information content (AvgIpc) is 2.65. The van der Waals surface area contributed by atoms with E-state index in [0.29, 0.717) is 16.2 Å². The summed E-state index contributed by atoms with van der Waals surface area (Å²) in [6, 6.07) is 7.09. The molecule has 0 aliphatic carbocycles. The maximum Gasteiger partial charge on any atom is 0.210 e. The quantitative estimate of drug-likeness (QED) is 0.647. The van der Waals surface area contributed by atoms with Crippen LogP contribution in [0.15, 0.2) is 49.2 Å². The van der Waals surface area contributed by atoms with Gasteiger partial charge < -0.3 is 8.82 Å². The second kappa shape index (κ2) is 3.40. The first-order valence-corrected chi connectivity index (χ1v) is 5.83. The average molecular weight is 296 g/mol. The summed E-state index contributed by atoms with van der Waals surface area (Å²) in [5.41, 5.74) is 1.88. The number of pyridine rings is 1. The lowest BCUT2D eigenvalue weighted by Gasteiger charge is -2.04. The van der Waals surface area contributed by atoms with Gasteiger partial charge in [-0.1, -0.05) is 0 Å². The molecule has 3 heterocycles. The molecule has 5 heteroatoms. The van der Waals surface area contributed by atoms with Crippen molar-refractivity contribution in [2.75, 3.05) is 0 Å². The molecule has 3 aromatic heterocycles. The van der Waals surface area contributed by atoms with Crippen molar-refractivity contribution in [2.45, 2.75) is 5.09 Å². The fourth-order valence-corrected chi connectivity index (χ4v) is 2.49. The van der Waals surface area contributed by atoms with E-state index in [1.54, 1.807) is 4.40 Å². The number of hydrogen-bond acceptors (Lipinski definition) is 3. The van der Waals surface area contributed by atoms with Gasteiger partial charge in [0.15, 0.2) is 10.7 Å². The lowest BCUT2D eigenvalue weighted by Crippen LogP contribution is -2.05. The van der Waals surface area contributed by atoms with E-state index in [1.165, 1.54) is 6.07 Å². The molecular formula is C11H6BrNO2S. The molecule has 3 rings (SSSR count). The van der Waals surface area contributed by atoms with E-state index in [4.69, 9.17) is 4.42 Å². The predicted molar refractivity (Wildman–Crippen MR) is 68.4 cm³/mol. The van der Waals surface area contributed by atoms with E-state index >= 15 is 0 Å². The highest BCUT2D eigenvalue weighted by atomic mass is 79.9. The lowest BCUT2D eigenvalue weighted by molar-refractivity contribution is 0.499. The first-order valence-electron chi connectivity index (χ1n) is 4.59. The molecule has 3 nitrogen and oxygen atoms in total. The van der Waals surface area contributed by atoms with Gasteiger partial charge in [0, 0.05) is 17.8 Å². The number of hydrogen-bond donors (Lipinski definition) is 1. The van der Waals surface area contributed by atoms with Gasteiger partial charge in [-0.05, 0) is 34.1 Å². The summed E-state index contributed by atoms with van der Waals surface area (Å²) in [6.45, 7) is 0. The van der Waals surface area contributed by atoms with Gasteiger partial charge >= 0.3 is 0 Å². The third-order valence-corrected chi connectivity index (χ3v) is 3.23. The molecule has 80 valence electrons. The van der Waals surface area contributed by atoms with Crippen LogP contribution in [0.25, 0.3) is 16.6 Å². The molecule has 0 fully saturated rings. The molecular weight excluding hydrogens is 290 g/mol. The molecule has 0 bridgehead atoms. The summed E-state index contributed by atoms with van der Waals surface area (Å²) in [4.78, 5) is 11.9. The monoisotopic (exact) mass is 295 g/mol. The summed E-state index contributed by atoms with van der Waals surface area (Å²) in [6.07, 6.45) is 1.83. The van der Waals surface area contributed by atoms with Gasteiger partial charge in [0.2, 0.25) is 5.43 Å². The Morgan fingerprint density at radius 1 is 1.38 bits per heavy atom. The number of aromatic nitrogens is 1. The van der Waals surface area contributed by atoms with Crippen LogP contribution in [0, 0.1) is 0 Å². The largest absolute Gasteiger partial charge is 0.447 e. The summed E-state index contributed by atoms with van der Waals surface area (Å²) in [5.74, 6) is 0. The topological polar surface area (TPSA) is 34.6 Å². The summed E-state index contributed by atoms with van der Waals surface area (Å²) < 4.78 is 8.00. The Morgan fingerprint density at radius 3 is 3.00 bits per heavy atom. The number of nitrogens with zero attached hydrogens (tertiary/aromatic N) is 1. The van der Waals surface area contributed by atoms with Gasteiger partial charge in [-0.15, -0.1) is 12.6 Å². The Kier molecular flexibility index (Phi) is 2.12. The van der Waals surface area contributed by atoms with Gasteiger partial charge in [-0.25, -0.2) is 0 Å². The van der Waals surface area contributed by atoms with E-state index in [1.807, 2.05) is 24.4 Å². The second-order valence-electron chi connectivity index (χ2n) is 3.42. The lowest BCUT2D eigenvalue weighted by atomic mass is 10.3. The first kappa shape index (κ1) is 9.99. The predicted octanol–water partition coefficient (Wildman–Crippen LogP) is 3.10. The molecule has 0 aliphatic rings. The van der Waals surface area contributed by atoms with Crippen molar-refractivity contribution in [1.29, 1.82) is 0 Å². The summed E-state index contributed by atoms with van der Waals surface area (Å²) in [5, 5.41) is 0.310. The Labute approximate surface area is 104 Å². The minimum atomic E-state index is -0.103. The van der Waals surface area contributed by atoms with E-state index in [-0.39, 0.29) is 5.43 Å². The fourth-order valence-electron chi connectivity index (χ4n) is 1.78. The van der Waals surface area contributed by atoms with Gasteiger partial charge in [0.05, 0.1) is 4.47 Å². The first-order chi connectivity index (χ1) is 7.66. The highest BCUT2D eigenvalue weighted by molar-refractivity contribution is 9.10. The van der Waals surface area contributed by atoms with E-state index in [9.17, 15) is 4.79 Å². The molecule has 0 aliphatic heterocycles. The number of rotatable bonds is 0. The molecule has 0 unspecified atom stereocenters. The van der Waals surface area contributed by atoms with Gasteiger partial charge in [0.25, 0.3) is 0 Å². The maximum absolute atomic E-state index is 11.9. The van der Waals surface area contributed by atoms with Crippen LogP contribution >= 0.6 is 28.6 Å². The molecule has 0 saturated carbocycles. The van der Waals surface area contributed by atoms with Crippen molar-refractivity contribution in [3.8, 4) is 0 Å². The summed E-state index contributed by atoms with van der Waals surface area (Å²) >= 11 is 7.45. The highest BCUT2D eigenvalue weighted by Gasteiger charge is 2.10. The summed E-state index contributed by atoms with van der Waals surface area (Å²) in [7, 11) is 0. The third-order valence-electron chi connectivity index (χ3n) is 2.42. The van der Waals surface area contributed by atoms with Crippen LogP contribution in [0.1, 0.15) is 0 Å². The van der Waals surface area contributed by atoms with Crippen molar-refractivity contribution in [2.24, 2.45) is 0 Å². The zero-order valence-electron chi connectivity index (χ0n) is 7.98. The van der Waals surface area contributed by atoms with Crippen molar-refractivity contribution in [3.05, 3.63) is 45.2 Å². The smallest absolute Gasteiger partial charge is 0.210 e. The van der Waals surface area contributed by atoms with Crippen LogP contribution < -0.4 is 5.43 Å². The zero-order chi connectivity index (χ0) is 11.3. The van der Waals surface area contributed by atoms with Crippen LogP contribution in [-0.2, 0) is 0 Å². The van der Waals surface area contributed by atoms with Crippen LogP contribution in [-0.4, -0.2) is 4.40 Å². The van der Waals surface area contributed by atoms with Gasteiger partial charge in [-0.2, -0.15) is 0 Å². The Hall–Kier alpha value is -1.20. The molecule has 3 aromatic rings. The van der Waals surface area contributed by atoms with Gasteiger partial charge in [-0.3, -0.25) is 4.79 Å². The van der Waals surface area contributed by atoms with E-state index in [2.05, 4.69) is 28.6 Å². The molecule has 0 aromatic carbocycles. The van der Waals surface area contributed by atoms with Crippen molar-refractivity contribution < 1.29 is 4.42 Å². The van der Waals surface area contributed by atoms with Crippen LogP contribution in [0.3, 0.4) is 0 Å². The zero-order valence-corrected chi connectivity index (χ0v) is 10.5. The Morgan fingerprint density at radius 2 is 2.19 bits per heavy atom. The molecule has 0 radical (unpaired) electrons.